The van der Waals surface area contributed by atoms with Crippen molar-refractivity contribution in [3.63, 3.8) is 0 Å². The van der Waals surface area contributed by atoms with Crippen molar-refractivity contribution < 1.29 is 9.63 Å². The van der Waals surface area contributed by atoms with Gasteiger partial charge in [0.25, 0.3) is 0 Å². The van der Waals surface area contributed by atoms with Crippen molar-refractivity contribution in [2.45, 2.75) is 0 Å². The van der Waals surface area contributed by atoms with E-state index in [-0.39, 0.29) is 0 Å². The quantitative estimate of drug-likeness (QED) is 0.483. The average molecular weight is 157 g/mol. The molecule has 0 amide bonds. The maximum atomic E-state index is 10.6. The summed E-state index contributed by atoms with van der Waals surface area (Å²) in [6, 6.07) is 3.24. The standard InChI is InChI=1S/C5H3NO3S/c7-5(9-6-8)4-2-1-3-10-4/h1-3H. The van der Waals surface area contributed by atoms with Crippen molar-refractivity contribution in [1.29, 1.82) is 0 Å². The van der Waals surface area contributed by atoms with Crippen molar-refractivity contribution in [1.82, 2.24) is 0 Å². The lowest BCUT2D eigenvalue weighted by molar-refractivity contribution is 0.0514. The van der Waals surface area contributed by atoms with Crippen LogP contribution >= 0.6 is 11.3 Å². The van der Waals surface area contributed by atoms with Gasteiger partial charge in [-0.25, -0.2) is 4.79 Å². The van der Waals surface area contributed by atoms with Gasteiger partial charge in [-0.2, -0.15) is 0 Å². The minimum absolute atomic E-state index is 0.375. The van der Waals surface area contributed by atoms with Crippen molar-refractivity contribution in [2.75, 3.05) is 0 Å². The summed E-state index contributed by atoms with van der Waals surface area (Å²) in [4.78, 5) is 24.2. The van der Waals surface area contributed by atoms with E-state index in [1.54, 1.807) is 17.5 Å². The summed E-state index contributed by atoms with van der Waals surface area (Å²) >= 11 is 1.20. The van der Waals surface area contributed by atoms with Crippen LogP contribution in [0, 0.1) is 4.91 Å². The maximum absolute atomic E-state index is 10.6. The highest BCUT2D eigenvalue weighted by molar-refractivity contribution is 7.11. The van der Waals surface area contributed by atoms with Crippen LogP contribution in [-0.4, -0.2) is 5.97 Å². The summed E-state index contributed by atoms with van der Waals surface area (Å²) in [7, 11) is 0. The number of nitrogens with zero attached hydrogens (tertiary/aromatic N) is 1. The van der Waals surface area contributed by atoms with E-state index in [2.05, 4.69) is 4.84 Å². The molecule has 0 aromatic carbocycles. The Morgan fingerprint density at radius 2 is 2.50 bits per heavy atom. The highest BCUT2D eigenvalue weighted by Crippen LogP contribution is 2.09. The lowest BCUT2D eigenvalue weighted by Crippen LogP contribution is -1.95. The smallest absolute Gasteiger partial charge is 0.278 e. The Labute approximate surface area is 60.4 Å². The fourth-order valence-corrected chi connectivity index (χ4v) is 1.07. The van der Waals surface area contributed by atoms with Crippen LogP contribution in [0.25, 0.3) is 0 Å². The zero-order valence-corrected chi connectivity index (χ0v) is 5.63. The molecular weight excluding hydrogens is 154 g/mol. The van der Waals surface area contributed by atoms with Gasteiger partial charge in [-0.1, -0.05) is 6.07 Å². The van der Waals surface area contributed by atoms with Crippen LogP contribution in [0.2, 0.25) is 0 Å². The first-order valence-corrected chi connectivity index (χ1v) is 3.30. The predicted octanol–water partition coefficient (Wildman–Crippen LogP) is 1.59. The number of carbonyl (C=O) groups is 1. The normalized spacial score (nSPS) is 8.80. The maximum Gasteiger partial charge on any atom is 0.379 e. The first-order chi connectivity index (χ1) is 4.84. The van der Waals surface area contributed by atoms with E-state index in [0.29, 0.717) is 4.88 Å². The van der Waals surface area contributed by atoms with Gasteiger partial charge in [-0.05, 0) is 11.4 Å². The summed E-state index contributed by atoms with van der Waals surface area (Å²) in [6.45, 7) is 0. The fraction of sp³-hybridized carbons (Fsp3) is 0. The molecular formula is C5H3NO3S. The van der Waals surface area contributed by atoms with Crippen molar-refractivity contribution >= 4 is 17.3 Å². The van der Waals surface area contributed by atoms with Gasteiger partial charge in [0.15, 0.2) is 5.34 Å². The molecule has 0 N–H and O–H groups in total. The first kappa shape index (κ1) is 6.88. The zero-order valence-electron chi connectivity index (χ0n) is 4.81. The van der Waals surface area contributed by atoms with Gasteiger partial charge in [0.1, 0.15) is 4.88 Å². The van der Waals surface area contributed by atoms with E-state index < -0.39 is 5.97 Å². The van der Waals surface area contributed by atoms with Gasteiger partial charge >= 0.3 is 5.97 Å². The summed E-state index contributed by atoms with van der Waals surface area (Å²) in [5, 5.41) is 3.71. The topological polar surface area (TPSA) is 55.7 Å². The predicted molar refractivity (Wildman–Crippen MR) is 35.5 cm³/mol. The average Bonchev–Trinajstić information content (AvgIpc) is 2.38. The summed E-state index contributed by atoms with van der Waals surface area (Å²) in [5.74, 6) is -0.704. The third-order valence-corrected chi connectivity index (χ3v) is 1.69. The summed E-state index contributed by atoms with van der Waals surface area (Å²) in [5.41, 5.74) is 0. The molecule has 0 spiro atoms. The molecule has 0 saturated heterocycles. The molecule has 0 radical (unpaired) electrons. The number of carbonyl (C=O) groups excluding carboxylic acids is 1. The van der Waals surface area contributed by atoms with Gasteiger partial charge < -0.3 is 0 Å². The Morgan fingerprint density at radius 1 is 1.70 bits per heavy atom. The van der Waals surface area contributed by atoms with Gasteiger partial charge in [0, 0.05) is 0 Å². The highest BCUT2D eigenvalue weighted by atomic mass is 32.1. The number of hydrogen-bond acceptors (Lipinski definition) is 5. The van der Waals surface area contributed by atoms with Crippen LogP contribution in [-0.2, 0) is 4.84 Å². The molecule has 1 rings (SSSR count). The lowest BCUT2D eigenvalue weighted by atomic mass is 10.5. The Kier molecular flexibility index (Phi) is 2.11. The molecule has 52 valence electrons. The molecule has 5 heteroatoms. The van der Waals surface area contributed by atoms with Crippen LogP contribution in [0.5, 0.6) is 0 Å². The number of thiophene rings is 1. The number of rotatable bonds is 2. The molecule has 0 saturated carbocycles. The Hall–Kier alpha value is -1.23. The lowest BCUT2D eigenvalue weighted by Gasteiger charge is -1.85. The second kappa shape index (κ2) is 3.07. The molecule has 0 fully saturated rings. The third kappa shape index (κ3) is 1.38. The minimum Gasteiger partial charge on any atom is -0.278 e. The molecule has 1 aromatic heterocycles. The van der Waals surface area contributed by atoms with Crippen LogP contribution in [0.4, 0.5) is 0 Å². The molecule has 0 aliphatic heterocycles. The van der Waals surface area contributed by atoms with Crippen molar-refractivity contribution in [3.05, 3.63) is 27.3 Å². The third-order valence-electron chi connectivity index (χ3n) is 0.843. The molecule has 0 unspecified atom stereocenters. The van der Waals surface area contributed by atoms with Crippen molar-refractivity contribution in [3.8, 4) is 0 Å². The zero-order chi connectivity index (χ0) is 7.40. The Balaban J connectivity index is 2.68. The monoisotopic (exact) mass is 157 g/mol. The summed E-state index contributed by atoms with van der Waals surface area (Å²) in [6.07, 6.45) is 0. The largest absolute Gasteiger partial charge is 0.379 e. The molecule has 0 aliphatic rings. The van der Waals surface area contributed by atoms with Crippen LogP contribution in [0.3, 0.4) is 0 Å². The minimum atomic E-state index is -0.704. The van der Waals surface area contributed by atoms with Crippen molar-refractivity contribution in [2.24, 2.45) is 5.34 Å². The number of hydrogen-bond donors (Lipinski definition) is 0. The van der Waals surface area contributed by atoms with E-state index >= 15 is 0 Å². The molecule has 0 atom stereocenters. The molecule has 1 aromatic rings. The fourth-order valence-electron chi connectivity index (χ4n) is 0.474. The molecule has 0 aliphatic carbocycles. The van der Waals surface area contributed by atoms with E-state index in [0.717, 1.165) is 0 Å². The second-order valence-corrected chi connectivity index (χ2v) is 2.38. The van der Waals surface area contributed by atoms with E-state index in [4.69, 9.17) is 0 Å². The Bertz CT molecular complexity index is 231. The molecule has 4 nitrogen and oxygen atoms in total. The Morgan fingerprint density at radius 3 is 3.00 bits per heavy atom. The van der Waals surface area contributed by atoms with E-state index in [9.17, 15) is 9.70 Å². The van der Waals surface area contributed by atoms with Gasteiger partial charge in [-0.15, -0.1) is 16.2 Å². The van der Waals surface area contributed by atoms with Crippen LogP contribution in [0.1, 0.15) is 9.67 Å². The highest BCUT2D eigenvalue weighted by Gasteiger charge is 2.06. The summed E-state index contributed by atoms with van der Waals surface area (Å²) < 4.78 is 0. The van der Waals surface area contributed by atoms with Crippen LogP contribution in [0.15, 0.2) is 22.9 Å². The van der Waals surface area contributed by atoms with E-state index in [1.165, 1.54) is 11.3 Å². The van der Waals surface area contributed by atoms with Gasteiger partial charge in [-0.3, -0.25) is 4.84 Å². The van der Waals surface area contributed by atoms with Crippen LogP contribution < -0.4 is 0 Å². The second-order valence-electron chi connectivity index (χ2n) is 1.43. The molecule has 10 heavy (non-hydrogen) atoms. The molecule has 0 bridgehead atoms. The molecule has 1 heterocycles. The van der Waals surface area contributed by atoms with Gasteiger partial charge in [0.05, 0.1) is 0 Å². The van der Waals surface area contributed by atoms with E-state index in [1.807, 2.05) is 5.34 Å². The first-order valence-electron chi connectivity index (χ1n) is 2.42. The van der Waals surface area contributed by atoms with Gasteiger partial charge in [0.2, 0.25) is 0 Å². The SMILES string of the molecule is O=NOC(=O)c1cccs1.